The van der Waals surface area contributed by atoms with Crippen molar-refractivity contribution in [1.82, 2.24) is 0 Å². The lowest BCUT2D eigenvalue weighted by atomic mass is 9.66. The lowest BCUT2D eigenvalue weighted by Crippen LogP contribution is -2.29. The summed E-state index contributed by atoms with van der Waals surface area (Å²) in [5, 5.41) is 19.5. The van der Waals surface area contributed by atoms with E-state index in [9.17, 15) is 10.2 Å². The predicted octanol–water partition coefficient (Wildman–Crippen LogP) is 14.6. The Hall–Kier alpha value is -8.28. The topological polar surface area (TPSA) is 58.9 Å². The number of aliphatic hydroxyl groups excluding tert-OH is 2. The summed E-state index contributed by atoms with van der Waals surface area (Å²) < 4.78 is 12.3. The highest BCUT2D eigenvalue weighted by Crippen LogP contribution is 2.58. The third-order valence-corrected chi connectivity index (χ3v) is 13.9. The molecule has 71 heavy (non-hydrogen) atoms. The van der Waals surface area contributed by atoms with Crippen LogP contribution >= 0.6 is 0 Å². The van der Waals surface area contributed by atoms with Gasteiger partial charge in [0.15, 0.2) is 0 Å². The number of fused-ring (bicyclic) bond motifs is 3. The summed E-state index contributed by atoms with van der Waals surface area (Å²) in [5.74, 6) is 1.55. The van der Waals surface area contributed by atoms with Gasteiger partial charge in [-0.3, -0.25) is 0 Å². The van der Waals surface area contributed by atoms with Gasteiger partial charge in [-0.15, -0.1) is 0 Å². The highest BCUT2D eigenvalue weighted by molar-refractivity contribution is 5.91. The molecule has 1 aliphatic rings. The lowest BCUT2D eigenvalue weighted by Gasteiger charge is -2.35. The first-order valence-corrected chi connectivity index (χ1v) is 24.5. The highest BCUT2D eigenvalue weighted by atomic mass is 16.5. The van der Waals surface area contributed by atoms with Gasteiger partial charge >= 0.3 is 0 Å². The number of aliphatic hydroxyl groups is 2. The zero-order chi connectivity index (χ0) is 48.0. The van der Waals surface area contributed by atoms with Gasteiger partial charge in [0.05, 0.1) is 18.6 Å². The van der Waals surface area contributed by atoms with Crippen LogP contribution in [-0.4, -0.2) is 36.6 Å². The van der Waals surface area contributed by atoms with Crippen molar-refractivity contribution in [2.24, 2.45) is 0 Å². The molecule has 0 spiro atoms. The number of hydrogen-bond acceptors (Lipinski definition) is 4. The van der Waals surface area contributed by atoms with Crippen LogP contribution in [0, 0.1) is 0 Å². The van der Waals surface area contributed by atoms with E-state index in [-0.39, 0.29) is 26.4 Å². The second kappa shape index (κ2) is 20.4. The minimum absolute atomic E-state index is 0.0576. The monoisotopic (exact) mass is 922 g/mol. The first-order chi connectivity index (χ1) is 35.1. The number of rotatable bonds is 16. The zero-order valence-electron chi connectivity index (χ0n) is 39.5. The van der Waals surface area contributed by atoms with Gasteiger partial charge in [0.25, 0.3) is 0 Å². The van der Waals surface area contributed by atoms with Crippen LogP contribution in [0.15, 0.2) is 243 Å². The second-order valence-corrected chi connectivity index (χ2v) is 18.3. The Morgan fingerprint density at radius 3 is 1.07 bits per heavy atom. The average Bonchev–Trinajstić information content (AvgIpc) is 3.73. The van der Waals surface area contributed by atoms with Crippen molar-refractivity contribution < 1.29 is 19.7 Å². The molecular weight excluding hydrogens is 869 g/mol. The zero-order valence-corrected chi connectivity index (χ0v) is 39.5. The van der Waals surface area contributed by atoms with Crippen LogP contribution in [0.1, 0.15) is 44.5 Å². The molecule has 0 amide bonds. The molecule has 0 aromatic heterocycles. The summed E-state index contributed by atoms with van der Waals surface area (Å²) in [6.07, 6.45) is 1.39. The molecule has 0 radical (unpaired) electrons. The van der Waals surface area contributed by atoms with Gasteiger partial charge in [-0.1, -0.05) is 194 Å². The molecule has 0 aliphatic heterocycles. The van der Waals surface area contributed by atoms with Gasteiger partial charge < -0.3 is 19.7 Å². The molecular formula is C67H54O4. The smallest absolute Gasteiger partial charge is 0.122 e. The van der Waals surface area contributed by atoms with Crippen LogP contribution in [0.4, 0.5) is 0 Å². The number of ether oxygens (including phenoxy) is 2. The van der Waals surface area contributed by atoms with Crippen LogP contribution in [0.3, 0.4) is 0 Å². The summed E-state index contributed by atoms with van der Waals surface area (Å²) in [5.41, 5.74) is 19.9. The quantitative estimate of drug-likeness (QED) is 0.101. The van der Waals surface area contributed by atoms with Gasteiger partial charge in [0, 0.05) is 12.8 Å². The van der Waals surface area contributed by atoms with E-state index < -0.39 is 5.41 Å². The summed E-state index contributed by atoms with van der Waals surface area (Å²) >= 11 is 0. The van der Waals surface area contributed by atoms with Crippen LogP contribution in [0.2, 0.25) is 0 Å². The standard InChI is InChI=1S/C67H54O4/c68-35-37-70-65-33-29-53(41-57(65)39-47-15-5-1-6-16-47)51-23-13-25-59(43-51)67(60-26-14-24-52(44-60)54-30-34-66(71-38-36-69)58(42-54)40-48-17-7-2-8-18-48)63-45-55(49-19-9-3-10-20-49)27-31-61(63)62-32-28-56(46-64(62)67)50-21-11-4-12-22-50/h1-34,41-46,68-69H,35-40H2. The average molecular weight is 923 g/mol. The van der Waals surface area contributed by atoms with E-state index in [0.717, 1.165) is 78.3 Å². The van der Waals surface area contributed by atoms with Crippen molar-refractivity contribution in [3.05, 3.63) is 287 Å². The van der Waals surface area contributed by atoms with Gasteiger partial charge in [-0.25, -0.2) is 0 Å². The first-order valence-electron chi connectivity index (χ1n) is 24.5. The van der Waals surface area contributed by atoms with Crippen molar-refractivity contribution in [3.63, 3.8) is 0 Å². The maximum Gasteiger partial charge on any atom is 0.122 e. The molecule has 0 heterocycles. The molecule has 11 rings (SSSR count). The summed E-state index contributed by atoms with van der Waals surface area (Å²) in [7, 11) is 0. The van der Waals surface area contributed by atoms with Gasteiger partial charge in [0.1, 0.15) is 24.7 Å². The fraction of sp³-hybridized carbons (Fsp3) is 0.104. The normalized spacial score (nSPS) is 12.3. The lowest BCUT2D eigenvalue weighted by molar-refractivity contribution is 0.200. The molecule has 10 aromatic carbocycles. The SMILES string of the molecule is OCCOc1ccc(-c2cccc(C3(c4cccc(-c5ccc(OCCO)c(Cc6ccccc6)c5)c4)c4cc(-c5ccccc5)ccc4-c4ccc(-c5ccccc5)cc43)c2)cc1Cc1ccccc1. The highest BCUT2D eigenvalue weighted by Gasteiger charge is 2.47. The summed E-state index contributed by atoms with van der Waals surface area (Å²) in [4.78, 5) is 0. The Balaban J connectivity index is 1.15. The Morgan fingerprint density at radius 2 is 0.662 bits per heavy atom. The minimum Gasteiger partial charge on any atom is -0.491 e. The van der Waals surface area contributed by atoms with Crippen LogP contribution in [0.25, 0.3) is 55.6 Å². The van der Waals surface area contributed by atoms with Crippen LogP contribution in [0.5, 0.6) is 11.5 Å². The van der Waals surface area contributed by atoms with Crippen LogP contribution in [-0.2, 0) is 18.3 Å². The van der Waals surface area contributed by atoms with Crippen LogP contribution < -0.4 is 9.47 Å². The first kappa shape index (κ1) is 45.2. The van der Waals surface area contributed by atoms with Crippen molar-refractivity contribution in [2.45, 2.75) is 18.3 Å². The Kier molecular flexibility index (Phi) is 13.0. The van der Waals surface area contributed by atoms with E-state index in [4.69, 9.17) is 9.47 Å². The second-order valence-electron chi connectivity index (χ2n) is 18.3. The molecule has 346 valence electrons. The van der Waals surface area contributed by atoms with E-state index in [0.29, 0.717) is 12.8 Å². The molecule has 2 N–H and O–H groups in total. The van der Waals surface area contributed by atoms with Crippen molar-refractivity contribution >= 4 is 0 Å². The third kappa shape index (κ3) is 9.08. The largest absolute Gasteiger partial charge is 0.491 e. The van der Waals surface area contributed by atoms with E-state index in [2.05, 4.69) is 231 Å². The predicted molar refractivity (Wildman–Crippen MR) is 289 cm³/mol. The van der Waals surface area contributed by atoms with Crippen molar-refractivity contribution in [1.29, 1.82) is 0 Å². The fourth-order valence-corrected chi connectivity index (χ4v) is 10.6. The van der Waals surface area contributed by atoms with E-state index in [1.54, 1.807) is 0 Å². The van der Waals surface area contributed by atoms with Gasteiger partial charge in [0.2, 0.25) is 0 Å². The molecule has 0 fully saturated rings. The molecule has 4 heteroatoms. The van der Waals surface area contributed by atoms with Crippen molar-refractivity contribution in [3.8, 4) is 67.1 Å². The molecule has 1 aliphatic carbocycles. The maximum atomic E-state index is 9.75. The number of benzene rings is 10. The summed E-state index contributed by atoms with van der Waals surface area (Å²) in [6.45, 7) is 0.335. The van der Waals surface area contributed by atoms with E-state index in [1.165, 1.54) is 33.4 Å². The van der Waals surface area contributed by atoms with E-state index in [1.807, 2.05) is 12.1 Å². The molecule has 10 aromatic rings. The van der Waals surface area contributed by atoms with Gasteiger partial charge in [-0.05, 0) is 149 Å². The fourth-order valence-electron chi connectivity index (χ4n) is 10.6. The van der Waals surface area contributed by atoms with Gasteiger partial charge in [-0.2, -0.15) is 0 Å². The Bertz CT molecular complexity index is 3210. The molecule has 0 saturated heterocycles. The maximum absolute atomic E-state index is 9.75. The van der Waals surface area contributed by atoms with E-state index >= 15 is 0 Å². The molecule has 0 saturated carbocycles. The third-order valence-electron chi connectivity index (χ3n) is 13.9. The number of hydrogen-bond donors (Lipinski definition) is 2. The molecule has 0 atom stereocenters. The molecule has 4 nitrogen and oxygen atoms in total. The molecule has 0 bridgehead atoms. The minimum atomic E-state index is -0.764. The Morgan fingerprint density at radius 1 is 0.310 bits per heavy atom. The Labute approximate surface area is 416 Å². The summed E-state index contributed by atoms with van der Waals surface area (Å²) in [6, 6.07) is 87.6. The molecule has 0 unspecified atom stereocenters. The van der Waals surface area contributed by atoms with Crippen molar-refractivity contribution in [2.75, 3.05) is 26.4 Å².